The molecular formula is C14H13BrClNO6S2. The zero-order valence-electron chi connectivity index (χ0n) is 12.7. The van der Waals surface area contributed by atoms with Gasteiger partial charge in [-0.05, 0) is 37.4 Å². The lowest BCUT2D eigenvalue weighted by Crippen LogP contribution is -2.19. The molecule has 0 atom stereocenters. The number of benzene rings is 2. The highest BCUT2D eigenvalue weighted by molar-refractivity contribution is 9.10. The summed E-state index contributed by atoms with van der Waals surface area (Å²) in [6, 6.07) is 6.03. The fraction of sp³-hybridized carbons (Fsp3) is 0.143. The predicted molar refractivity (Wildman–Crippen MR) is 96.1 cm³/mol. The summed E-state index contributed by atoms with van der Waals surface area (Å²) in [5.41, 5.74) is -0.208. The third kappa shape index (κ3) is 4.26. The van der Waals surface area contributed by atoms with E-state index in [1.54, 1.807) is 0 Å². The van der Waals surface area contributed by atoms with Gasteiger partial charge in [0.05, 0.1) is 5.75 Å². The molecule has 2 aromatic rings. The number of aromatic hydroxyl groups is 2. The number of halogens is 2. The molecular weight excluding hydrogens is 458 g/mol. The number of hydrogen-bond donors (Lipinski definition) is 3. The summed E-state index contributed by atoms with van der Waals surface area (Å²) in [6.45, 7) is 0. The van der Waals surface area contributed by atoms with Crippen LogP contribution >= 0.6 is 27.5 Å². The molecule has 0 saturated carbocycles. The second-order valence-corrected chi connectivity index (χ2v) is 10.2. The summed E-state index contributed by atoms with van der Waals surface area (Å²) in [4.78, 5) is -0.898. The lowest BCUT2D eigenvalue weighted by molar-refractivity contribution is 0.451. The van der Waals surface area contributed by atoms with Gasteiger partial charge in [0.25, 0.3) is 0 Å². The smallest absolute Gasteiger partial charge is 0.244 e. The van der Waals surface area contributed by atoms with Crippen molar-refractivity contribution in [3.63, 3.8) is 0 Å². The van der Waals surface area contributed by atoms with E-state index >= 15 is 0 Å². The fourth-order valence-electron chi connectivity index (χ4n) is 2.07. The maximum Gasteiger partial charge on any atom is 0.244 e. The van der Waals surface area contributed by atoms with Gasteiger partial charge in [0.1, 0.15) is 21.3 Å². The Morgan fingerprint density at radius 2 is 1.72 bits per heavy atom. The van der Waals surface area contributed by atoms with Crippen LogP contribution < -0.4 is 4.72 Å². The summed E-state index contributed by atoms with van der Waals surface area (Å²) in [5.74, 6) is -1.94. The molecule has 0 aliphatic carbocycles. The average molecular weight is 471 g/mol. The van der Waals surface area contributed by atoms with E-state index < -0.39 is 42.0 Å². The predicted octanol–water partition coefficient (Wildman–Crippen LogP) is 2.40. The van der Waals surface area contributed by atoms with Crippen molar-refractivity contribution in [1.29, 1.82) is 0 Å². The van der Waals surface area contributed by atoms with E-state index in [9.17, 15) is 27.0 Å². The van der Waals surface area contributed by atoms with E-state index in [1.807, 2.05) is 4.72 Å². The van der Waals surface area contributed by atoms with Crippen LogP contribution in [0.5, 0.6) is 11.5 Å². The van der Waals surface area contributed by atoms with E-state index in [-0.39, 0.29) is 15.5 Å². The van der Waals surface area contributed by atoms with Crippen LogP contribution in [0, 0.1) is 0 Å². The highest BCUT2D eigenvalue weighted by Crippen LogP contribution is 2.35. The Morgan fingerprint density at radius 1 is 1.08 bits per heavy atom. The second-order valence-electron chi connectivity index (χ2n) is 4.99. The molecule has 25 heavy (non-hydrogen) atoms. The Bertz CT molecular complexity index is 1040. The van der Waals surface area contributed by atoms with Crippen LogP contribution in [0.25, 0.3) is 0 Å². The highest BCUT2D eigenvalue weighted by atomic mass is 79.9. The van der Waals surface area contributed by atoms with E-state index in [0.717, 1.165) is 19.2 Å². The number of phenols is 2. The second kappa shape index (κ2) is 7.12. The number of hydrogen-bond acceptors (Lipinski definition) is 6. The molecule has 0 bridgehead atoms. The Hall–Kier alpha value is -1.33. The average Bonchev–Trinajstić information content (AvgIpc) is 2.52. The van der Waals surface area contributed by atoms with Crippen LogP contribution in [0.3, 0.4) is 0 Å². The Balaban J connectivity index is 2.59. The van der Waals surface area contributed by atoms with Crippen molar-refractivity contribution in [3.05, 3.63) is 45.4 Å². The molecule has 2 aromatic carbocycles. The molecule has 0 aliphatic heterocycles. The van der Waals surface area contributed by atoms with Crippen molar-refractivity contribution in [1.82, 2.24) is 4.72 Å². The van der Waals surface area contributed by atoms with Gasteiger partial charge < -0.3 is 10.2 Å². The molecule has 0 amide bonds. The third-order valence-electron chi connectivity index (χ3n) is 3.28. The van der Waals surface area contributed by atoms with Gasteiger partial charge >= 0.3 is 0 Å². The number of nitrogens with one attached hydrogen (secondary N) is 1. The van der Waals surface area contributed by atoms with Crippen molar-refractivity contribution >= 4 is 47.4 Å². The minimum atomic E-state index is -4.09. The topological polar surface area (TPSA) is 121 Å². The molecule has 0 radical (unpaired) electrons. The Kier molecular flexibility index (Phi) is 5.69. The van der Waals surface area contributed by atoms with Crippen molar-refractivity contribution < 1.29 is 27.0 Å². The van der Waals surface area contributed by atoms with E-state index in [4.69, 9.17) is 11.6 Å². The van der Waals surface area contributed by atoms with Gasteiger partial charge in [-0.25, -0.2) is 21.6 Å². The summed E-state index contributed by atoms with van der Waals surface area (Å²) < 4.78 is 51.5. The molecule has 136 valence electrons. The summed E-state index contributed by atoms with van der Waals surface area (Å²) in [5, 5.41) is 19.9. The minimum Gasteiger partial charge on any atom is -0.507 e. The molecule has 0 fully saturated rings. The largest absolute Gasteiger partial charge is 0.507 e. The molecule has 0 aliphatic rings. The van der Waals surface area contributed by atoms with Crippen LogP contribution in [-0.4, -0.2) is 34.1 Å². The first-order valence-electron chi connectivity index (χ1n) is 6.64. The molecule has 0 unspecified atom stereocenters. The number of phenolic OH excluding ortho intramolecular Hbond substituents is 2. The first kappa shape index (κ1) is 20.0. The van der Waals surface area contributed by atoms with Crippen LogP contribution in [-0.2, 0) is 25.6 Å². The van der Waals surface area contributed by atoms with Gasteiger partial charge in [-0.1, -0.05) is 27.5 Å². The first-order valence-corrected chi connectivity index (χ1v) is 10.9. The third-order valence-corrected chi connectivity index (χ3v) is 7.11. The summed E-state index contributed by atoms with van der Waals surface area (Å²) in [6.07, 6.45) is 0. The van der Waals surface area contributed by atoms with Gasteiger partial charge in [0.15, 0.2) is 9.84 Å². The van der Waals surface area contributed by atoms with Gasteiger partial charge in [-0.3, -0.25) is 0 Å². The van der Waals surface area contributed by atoms with Gasteiger partial charge in [0, 0.05) is 15.1 Å². The summed E-state index contributed by atoms with van der Waals surface area (Å²) in [7, 11) is -6.99. The molecule has 0 saturated heterocycles. The lowest BCUT2D eigenvalue weighted by atomic mass is 10.2. The Morgan fingerprint density at radius 3 is 2.32 bits per heavy atom. The van der Waals surface area contributed by atoms with Crippen molar-refractivity contribution in [2.75, 3.05) is 7.05 Å². The number of sulfone groups is 1. The van der Waals surface area contributed by atoms with Gasteiger partial charge in [-0.2, -0.15) is 0 Å². The van der Waals surface area contributed by atoms with Crippen LogP contribution in [0.1, 0.15) is 5.56 Å². The normalized spacial score (nSPS) is 12.3. The molecule has 0 spiro atoms. The van der Waals surface area contributed by atoms with Gasteiger partial charge in [-0.15, -0.1) is 0 Å². The van der Waals surface area contributed by atoms with E-state index in [0.29, 0.717) is 4.47 Å². The number of sulfonamides is 1. The van der Waals surface area contributed by atoms with E-state index in [1.165, 1.54) is 18.2 Å². The first-order chi connectivity index (χ1) is 11.5. The van der Waals surface area contributed by atoms with Gasteiger partial charge in [0.2, 0.25) is 10.0 Å². The SMILES string of the molecule is CNS(=O)(=O)c1cc(Cl)cc(CS(=O)(=O)c2cc(Br)ccc2O)c1O. The van der Waals surface area contributed by atoms with Crippen molar-refractivity contribution in [2.45, 2.75) is 15.5 Å². The zero-order chi connectivity index (χ0) is 19.0. The van der Waals surface area contributed by atoms with Crippen LogP contribution in [0.2, 0.25) is 5.02 Å². The standard InChI is InChI=1S/C14H13BrClNO6S2/c1-17-25(22,23)13-6-10(16)4-8(14(13)19)7-24(20,21)12-5-9(15)2-3-11(12)18/h2-6,17-19H,7H2,1H3. The quantitative estimate of drug-likeness (QED) is 0.617. The van der Waals surface area contributed by atoms with Crippen LogP contribution in [0.15, 0.2) is 44.6 Å². The maximum absolute atomic E-state index is 12.6. The Labute approximate surface area is 158 Å². The fourth-order valence-corrected chi connectivity index (χ4v) is 5.26. The molecule has 0 aromatic heterocycles. The monoisotopic (exact) mass is 469 g/mol. The number of rotatable bonds is 5. The molecule has 2 rings (SSSR count). The van der Waals surface area contributed by atoms with Crippen molar-refractivity contribution in [3.8, 4) is 11.5 Å². The molecule has 0 heterocycles. The van der Waals surface area contributed by atoms with Crippen LogP contribution in [0.4, 0.5) is 0 Å². The van der Waals surface area contributed by atoms with Crippen molar-refractivity contribution in [2.24, 2.45) is 0 Å². The highest BCUT2D eigenvalue weighted by Gasteiger charge is 2.26. The van der Waals surface area contributed by atoms with E-state index in [2.05, 4.69) is 15.9 Å². The lowest BCUT2D eigenvalue weighted by Gasteiger charge is -2.12. The summed E-state index contributed by atoms with van der Waals surface area (Å²) >= 11 is 8.98. The minimum absolute atomic E-state index is 0.0599. The molecule has 11 heteroatoms. The molecule has 3 N–H and O–H groups in total. The zero-order valence-corrected chi connectivity index (χ0v) is 16.7. The maximum atomic E-state index is 12.6. The molecule has 7 nitrogen and oxygen atoms in total.